The fourth-order valence-corrected chi connectivity index (χ4v) is 1.86. The molecule has 0 fully saturated rings. The van der Waals surface area contributed by atoms with Gasteiger partial charge in [0, 0.05) is 13.1 Å². The molecule has 0 aromatic carbocycles. The van der Waals surface area contributed by atoms with Gasteiger partial charge in [-0.15, -0.1) is 0 Å². The molecule has 1 unspecified atom stereocenters. The van der Waals surface area contributed by atoms with Crippen molar-refractivity contribution in [3.63, 3.8) is 0 Å². The smallest absolute Gasteiger partial charge is 0.309 e. The lowest BCUT2D eigenvalue weighted by Gasteiger charge is -2.10. The molecule has 1 heterocycles. The Hall–Kier alpha value is -0.870. The molecule has 15 heavy (non-hydrogen) atoms. The summed E-state index contributed by atoms with van der Waals surface area (Å²) in [4.78, 5) is 11.3. The van der Waals surface area contributed by atoms with Crippen molar-refractivity contribution < 1.29 is 9.53 Å². The molecule has 0 saturated carbocycles. The van der Waals surface area contributed by atoms with Crippen LogP contribution < -0.4 is 5.32 Å². The molecular weight excluding hydrogens is 210 g/mol. The van der Waals surface area contributed by atoms with Gasteiger partial charge in [0.05, 0.1) is 12.5 Å². The van der Waals surface area contributed by atoms with Gasteiger partial charge in [-0.05, 0) is 29.3 Å². The van der Waals surface area contributed by atoms with Gasteiger partial charge in [0.15, 0.2) is 0 Å². The van der Waals surface area contributed by atoms with Crippen molar-refractivity contribution >= 4 is 17.3 Å². The predicted octanol–water partition coefficient (Wildman–Crippen LogP) is 2.04. The van der Waals surface area contributed by atoms with Crippen LogP contribution in [0.25, 0.3) is 0 Å². The Labute approximate surface area is 94.5 Å². The Balaban J connectivity index is 2.17. The van der Waals surface area contributed by atoms with Gasteiger partial charge in [0.25, 0.3) is 0 Å². The minimum atomic E-state index is -0.129. The van der Waals surface area contributed by atoms with Gasteiger partial charge in [-0.25, -0.2) is 0 Å². The van der Waals surface area contributed by atoms with Crippen LogP contribution in [0.4, 0.5) is 0 Å². The highest BCUT2D eigenvalue weighted by atomic mass is 32.1. The van der Waals surface area contributed by atoms with E-state index in [1.807, 2.05) is 19.2 Å². The first-order chi connectivity index (χ1) is 7.24. The van der Waals surface area contributed by atoms with E-state index < -0.39 is 0 Å². The van der Waals surface area contributed by atoms with E-state index in [2.05, 4.69) is 16.8 Å². The van der Waals surface area contributed by atoms with Crippen LogP contribution in [0.1, 0.15) is 19.4 Å². The van der Waals surface area contributed by atoms with E-state index >= 15 is 0 Å². The zero-order chi connectivity index (χ0) is 11.1. The molecule has 4 heteroatoms. The summed E-state index contributed by atoms with van der Waals surface area (Å²) in [5.74, 6) is -0.209. The van der Waals surface area contributed by atoms with E-state index in [0.29, 0.717) is 13.2 Å². The quantitative estimate of drug-likeness (QED) is 0.756. The molecule has 1 rings (SSSR count). The highest BCUT2D eigenvalue weighted by Crippen LogP contribution is 2.05. The average molecular weight is 227 g/mol. The molecule has 0 aliphatic rings. The van der Waals surface area contributed by atoms with Crippen molar-refractivity contribution in [2.45, 2.75) is 20.4 Å². The van der Waals surface area contributed by atoms with Crippen LogP contribution in [0.2, 0.25) is 0 Å². The maximum atomic E-state index is 11.3. The summed E-state index contributed by atoms with van der Waals surface area (Å²) in [6.45, 7) is 5.62. The van der Waals surface area contributed by atoms with Gasteiger partial charge in [0.1, 0.15) is 0 Å². The van der Waals surface area contributed by atoms with E-state index in [1.165, 1.54) is 5.56 Å². The normalized spacial score (nSPS) is 12.4. The molecule has 0 radical (unpaired) electrons. The Morgan fingerprint density at radius 2 is 2.47 bits per heavy atom. The van der Waals surface area contributed by atoms with Crippen molar-refractivity contribution in [2.24, 2.45) is 5.92 Å². The molecule has 1 aromatic rings. The molecule has 0 bridgehead atoms. The molecule has 84 valence electrons. The number of ether oxygens (including phenoxy) is 1. The third-order valence-corrected chi connectivity index (χ3v) is 2.78. The summed E-state index contributed by atoms with van der Waals surface area (Å²) in [6, 6.07) is 2.08. The highest BCUT2D eigenvalue weighted by Gasteiger charge is 2.12. The minimum Gasteiger partial charge on any atom is -0.466 e. The standard InChI is InChI=1S/C11H17NO2S/c1-3-14-11(13)9(2)6-12-7-10-4-5-15-8-10/h4-5,8-9,12H,3,6-7H2,1-2H3. The molecule has 0 saturated heterocycles. The van der Waals surface area contributed by atoms with E-state index in [1.54, 1.807) is 11.3 Å². The number of hydrogen-bond donors (Lipinski definition) is 1. The molecule has 1 aromatic heterocycles. The van der Waals surface area contributed by atoms with Gasteiger partial charge in [-0.2, -0.15) is 11.3 Å². The van der Waals surface area contributed by atoms with E-state index in [9.17, 15) is 4.79 Å². The summed E-state index contributed by atoms with van der Waals surface area (Å²) in [7, 11) is 0. The lowest BCUT2D eigenvalue weighted by molar-refractivity contribution is -0.147. The first kappa shape index (κ1) is 12.2. The van der Waals surface area contributed by atoms with Gasteiger partial charge in [-0.3, -0.25) is 4.79 Å². The van der Waals surface area contributed by atoms with Crippen LogP contribution in [0.5, 0.6) is 0 Å². The third-order valence-electron chi connectivity index (χ3n) is 2.05. The molecule has 1 N–H and O–H groups in total. The molecule has 3 nitrogen and oxygen atoms in total. The molecular formula is C11H17NO2S. The maximum absolute atomic E-state index is 11.3. The topological polar surface area (TPSA) is 38.3 Å². The SMILES string of the molecule is CCOC(=O)C(C)CNCc1ccsc1. The molecule has 1 atom stereocenters. The van der Waals surface area contributed by atoms with Crippen LogP contribution in [0.15, 0.2) is 16.8 Å². The highest BCUT2D eigenvalue weighted by molar-refractivity contribution is 7.07. The number of thiophene rings is 1. The zero-order valence-corrected chi connectivity index (χ0v) is 9.97. The van der Waals surface area contributed by atoms with Crippen molar-refractivity contribution in [1.29, 1.82) is 0 Å². The van der Waals surface area contributed by atoms with Crippen LogP contribution in [0.3, 0.4) is 0 Å². The first-order valence-corrected chi connectivity index (χ1v) is 6.06. The molecule has 0 spiro atoms. The largest absolute Gasteiger partial charge is 0.466 e. The Kier molecular flexibility index (Phi) is 5.36. The maximum Gasteiger partial charge on any atom is 0.309 e. The Bertz CT molecular complexity index is 285. The van der Waals surface area contributed by atoms with E-state index in [4.69, 9.17) is 4.74 Å². The number of carbonyl (C=O) groups excluding carboxylic acids is 1. The van der Waals surface area contributed by atoms with Gasteiger partial charge >= 0.3 is 5.97 Å². The second-order valence-corrected chi connectivity index (χ2v) is 4.20. The van der Waals surface area contributed by atoms with Crippen LogP contribution >= 0.6 is 11.3 Å². The van der Waals surface area contributed by atoms with Gasteiger partial charge in [0.2, 0.25) is 0 Å². The second-order valence-electron chi connectivity index (χ2n) is 3.42. The number of carbonyl (C=O) groups is 1. The van der Waals surface area contributed by atoms with Crippen molar-refractivity contribution in [3.8, 4) is 0 Å². The summed E-state index contributed by atoms with van der Waals surface area (Å²) < 4.78 is 4.91. The number of esters is 1. The van der Waals surface area contributed by atoms with Crippen LogP contribution in [-0.4, -0.2) is 19.1 Å². The zero-order valence-electron chi connectivity index (χ0n) is 9.16. The first-order valence-electron chi connectivity index (χ1n) is 5.12. The monoisotopic (exact) mass is 227 g/mol. The minimum absolute atomic E-state index is 0.0800. The fourth-order valence-electron chi connectivity index (χ4n) is 1.19. The summed E-state index contributed by atoms with van der Waals surface area (Å²) >= 11 is 1.68. The van der Waals surface area contributed by atoms with Crippen molar-refractivity contribution in [1.82, 2.24) is 5.32 Å². The predicted molar refractivity (Wildman–Crippen MR) is 61.8 cm³/mol. The van der Waals surface area contributed by atoms with Crippen LogP contribution in [0, 0.1) is 5.92 Å². The van der Waals surface area contributed by atoms with Gasteiger partial charge < -0.3 is 10.1 Å². The molecule has 0 aliphatic heterocycles. The lowest BCUT2D eigenvalue weighted by Crippen LogP contribution is -2.27. The Morgan fingerprint density at radius 3 is 3.07 bits per heavy atom. The van der Waals surface area contributed by atoms with Crippen molar-refractivity contribution in [3.05, 3.63) is 22.4 Å². The van der Waals surface area contributed by atoms with E-state index in [-0.39, 0.29) is 11.9 Å². The fraction of sp³-hybridized carbons (Fsp3) is 0.545. The van der Waals surface area contributed by atoms with Crippen LogP contribution in [-0.2, 0) is 16.1 Å². The van der Waals surface area contributed by atoms with E-state index in [0.717, 1.165) is 6.54 Å². The van der Waals surface area contributed by atoms with Crippen molar-refractivity contribution in [2.75, 3.05) is 13.2 Å². The van der Waals surface area contributed by atoms with Gasteiger partial charge in [-0.1, -0.05) is 6.92 Å². The Morgan fingerprint density at radius 1 is 1.67 bits per heavy atom. The average Bonchev–Trinajstić information content (AvgIpc) is 2.71. The number of nitrogens with one attached hydrogen (secondary N) is 1. The molecule has 0 amide bonds. The summed E-state index contributed by atoms with van der Waals surface area (Å²) in [5, 5.41) is 7.38. The number of hydrogen-bond acceptors (Lipinski definition) is 4. The summed E-state index contributed by atoms with van der Waals surface area (Å²) in [5.41, 5.74) is 1.26. The lowest BCUT2D eigenvalue weighted by atomic mass is 10.2. The summed E-state index contributed by atoms with van der Waals surface area (Å²) in [6.07, 6.45) is 0. The molecule has 0 aliphatic carbocycles. The number of rotatable bonds is 6. The second kappa shape index (κ2) is 6.58. The third kappa shape index (κ3) is 4.44.